The highest BCUT2D eigenvalue weighted by atomic mass is 35.5. The zero-order valence-corrected chi connectivity index (χ0v) is 16.4. The molecule has 2 aliphatic heterocycles. The van der Waals surface area contributed by atoms with Gasteiger partial charge in [0.1, 0.15) is 11.4 Å². The van der Waals surface area contributed by atoms with Crippen LogP contribution in [0.4, 0.5) is 16.2 Å². The molecule has 26 heavy (non-hydrogen) atoms. The van der Waals surface area contributed by atoms with Crippen LogP contribution in [0.3, 0.4) is 0 Å². The topological polar surface area (TPSA) is 46.4 Å². The van der Waals surface area contributed by atoms with Gasteiger partial charge in [0.2, 0.25) is 5.69 Å². The van der Waals surface area contributed by atoms with Crippen molar-refractivity contribution in [3.63, 3.8) is 0 Å². The molecule has 1 aromatic carbocycles. The van der Waals surface area contributed by atoms with Crippen molar-refractivity contribution in [3.05, 3.63) is 28.6 Å². The van der Waals surface area contributed by atoms with E-state index in [1.807, 2.05) is 26.8 Å². The van der Waals surface area contributed by atoms with Gasteiger partial charge in [0, 0.05) is 37.3 Å². The second kappa shape index (κ2) is 6.55. The van der Waals surface area contributed by atoms with Crippen LogP contribution in [0.15, 0.2) is 12.1 Å². The minimum absolute atomic E-state index is 0.0613. The number of amides is 1. The standard InChI is InChI=1S/C19H24ClN3O3/c1-18(2,3)26-17(24)23-11-19(12-23)6-7-22(10-19)15-9-13(25-5)8-14(20)16(15)21-4/h8-9H,6-7,10-12H2,1-3,5H3. The maximum absolute atomic E-state index is 12.2. The molecule has 0 radical (unpaired) electrons. The number of ether oxygens (including phenoxy) is 2. The first-order valence-corrected chi connectivity index (χ1v) is 9.02. The summed E-state index contributed by atoms with van der Waals surface area (Å²) in [5, 5.41) is 0.402. The molecule has 7 heteroatoms. The van der Waals surface area contributed by atoms with Crippen LogP contribution in [0, 0.1) is 12.0 Å². The number of anilines is 1. The van der Waals surface area contributed by atoms with Gasteiger partial charge in [0.05, 0.1) is 18.7 Å². The van der Waals surface area contributed by atoms with E-state index in [1.165, 1.54) is 0 Å². The average Bonchev–Trinajstić information content (AvgIpc) is 2.96. The van der Waals surface area contributed by atoms with Crippen LogP contribution in [0.5, 0.6) is 5.75 Å². The molecule has 0 bridgehead atoms. The first-order valence-electron chi connectivity index (χ1n) is 8.64. The monoisotopic (exact) mass is 377 g/mol. The van der Waals surface area contributed by atoms with Gasteiger partial charge < -0.3 is 19.3 Å². The molecule has 140 valence electrons. The van der Waals surface area contributed by atoms with Crippen molar-refractivity contribution < 1.29 is 14.3 Å². The van der Waals surface area contributed by atoms with E-state index in [1.54, 1.807) is 18.1 Å². The number of hydrogen-bond donors (Lipinski definition) is 0. The Morgan fingerprint density at radius 1 is 1.31 bits per heavy atom. The van der Waals surface area contributed by atoms with Gasteiger partial charge in [-0.3, -0.25) is 0 Å². The Balaban J connectivity index is 1.70. The Hall–Kier alpha value is -2.13. The number of carbonyl (C=O) groups excluding carboxylic acids is 1. The van der Waals surface area contributed by atoms with Gasteiger partial charge in [-0.15, -0.1) is 0 Å². The van der Waals surface area contributed by atoms with E-state index in [0.29, 0.717) is 29.5 Å². The summed E-state index contributed by atoms with van der Waals surface area (Å²) < 4.78 is 10.7. The minimum atomic E-state index is -0.483. The molecule has 1 amide bonds. The third kappa shape index (κ3) is 3.54. The molecule has 2 fully saturated rings. The third-order valence-electron chi connectivity index (χ3n) is 4.85. The lowest BCUT2D eigenvalue weighted by atomic mass is 9.79. The van der Waals surface area contributed by atoms with Crippen LogP contribution in [-0.4, -0.2) is 49.9 Å². The Labute approximate surface area is 159 Å². The summed E-state index contributed by atoms with van der Waals surface area (Å²) in [6.07, 6.45) is 0.714. The molecule has 0 unspecified atom stereocenters. The quantitative estimate of drug-likeness (QED) is 0.719. The maximum Gasteiger partial charge on any atom is 0.410 e. The molecule has 3 rings (SSSR count). The van der Waals surface area contributed by atoms with Crippen LogP contribution >= 0.6 is 11.6 Å². The van der Waals surface area contributed by atoms with Crippen LogP contribution < -0.4 is 9.64 Å². The van der Waals surface area contributed by atoms with Crippen molar-refractivity contribution >= 4 is 29.1 Å². The van der Waals surface area contributed by atoms with E-state index in [2.05, 4.69) is 9.74 Å². The number of nitrogens with zero attached hydrogens (tertiary/aromatic N) is 3. The number of rotatable bonds is 2. The summed E-state index contributed by atoms with van der Waals surface area (Å²) in [5.74, 6) is 0.641. The van der Waals surface area contributed by atoms with Crippen molar-refractivity contribution in [1.29, 1.82) is 0 Å². The molecule has 2 heterocycles. The fourth-order valence-electron chi connectivity index (χ4n) is 3.65. The van der Waals surface area contributed by atoms with Gasteiger partial charge in [0.15, 0.2) is 0 Å². The number of hydrogen-bond acceptors (Lipinski definition) is 4. The van der Waals surface area contributed by atoms with E-state index in [4.69, 9.17) is 27.6 Å². The molecule has 2 aliphatic rings. The summed E-state index contributed by atoms with van der Waals surface area (Å²) in [7, 11) is 1.59. The number of carbonyl (C=O) groups is 1. The first-order chi connectivity index (χ1) is 12.2. The summed E-state index contributed by atoms with van der Waals surface area (Å²) in [6.45, 7) is 16.0. The third-order valence-corrected chi connectivity index (χ3v) is 5.14. The molecule has 0 N–H and O–H groups in total. The van der Waals surface area contributed by atoms with Gasteiger partial charge in [0.25, 0.3) is 0 Å². The Morgan fingerprint density at radius 2 is 2.00 bits per heavy atom. The van der Waals surface area contributed by atoms with Crippen LogP contribution in [0.1, 0.15) is 27.2 Å². The van der Waals surface area contributed by atoms with Gasteiger partial charge in [-0.25, -0.2) is 9.64 Å². The summed E-state index contributed by atoms with van der Waals surface area (Å²) >= 11 is 6.25. The summed E-state index contributed by atoms with van der Waals surface area (Å²) in [6, 6.07) is 3.53. The smallest absolute Gasteiger partial charge is 0.410 e. The van der Waals surface area contributed by atoms with Crippen LogP contribution in [0.25, 0.3) is 4.85 Å². The highest BCUT2D eigenvalue weighted by Gasteiger charge is 2.50. The lowest BCUT2D eigenvalue weighted by Gasteiger charge is -2.47. The molecule has 1 aromatic rings. The molecular weight excluding hydrogens is 354 g/mol. The molecule has 1 spiro atoms. The van der Waals surface area contributed by atoms with Gasteiger partial charge >= 0.3 is 6.09 Å². The zero-order chi connectivity index (χ0) is 19.1. The second-order valence-corrected chi connectivity index (χ2v) is 8.50. The predicted molar refractivity (Wildman–Crippen MR) is 101 cm³/mol. The number of halogens is 1. The molecule has 0 saturated carbocycles. The van der Waals surface area contributed by atoms with E-state index < -0.39 is 5.60 Å². The predicted octanol–water partition coefficient (Wildman–Crippen LogP) is 4.35. The molecule has 0 aromatic heterocycles. The highest BCUT2D eigenvalue weighted by Crippen LogP contribution is 2.46. The largest absolute Gasteiger partial charge is 0.497 e. The fourth-order valence-corrected chi connectivity index (χ4v) is 3.89. The summed E-state index contributed by atoms with van der Waals surface area (Å²) in [4.78, 5) is 19.7. The van der Waals surface area contributed by atoms with Gasteiger partial charge in [-0.2, -0.15) is 0 Å². The normalized spacial score (nSPS) is 18.5. The lowest BCUT2D eigenvalue weighted by Crippen LogP contribution is -2.60. The second-order valence-electron chi connectivity index (χ2n) is 8.10. The summed E-state index contributed by atoms with van der Waals surface area (Å²) in [5.41, 5.74) is 0.833. The average molecular weight is 378 g/mol. The van der Waals surface area contributed by atoms with Gasteiger partial charge in [-0.1, -0.05) is 11.6 Å². The SMILES string of the molecule is [C-]#[N+]c1c(Cl)cc(OC)cc1N1CCC2(CN(C(=O)OC(C)(C)C)C2)C1. The maximum atomic E-state index is 12.2. The van der Waals surface area contributed by atoms with Crippen LogP contribution in [0.2, 0.25) is 5.02 Å². The minimum Gasteiger partial charge on any atom is -0.497 e. The molecule has 6 nitrogen and oxygen atoms in total. The number of likely N-dealkylation sites (tertiary alicyclic amines) is 1. The highest BCUT2D eigenvalue weighted by molar-refractivity contribution is 6.34. The van der Waals surface area contributed by atoms with Gasteiger partial charge in [-0.05, 0) is 39.3 Å². The van der Waals surface area contributed by atoms with Crippen molar-refractivity contribution in [2.24, 2.45) is 5.41 Å². The van der Waals surface area contributed by atoms with Crippen molar-refractivity contribution in [2.45, 2.75) is 32.8 Å². The first kappa shape index (κ1) is 18.7. The number of methoxy groups -OCH3 is 1. The van der Waals surface area contributed by atoms with Crippen LogP contribution in [-0.2, 0) is 4.74 Å². The Kier molecular flexibility index (Phi) is 4.70. The van der Waals surface area contributed by atoms with Crippen molar-refractivity contribution in [1.82, 2.24) is 4.90 Å². The molecule has 2 saturated heterocycles. The molecular formula is C19H24ClN3O3. The van der Waals surface area contributed by atoms with Crippen molar-refractivity contribution in [3.8, 4) is 5.75 Å². The van der Waals surface area contributed by atoms with E-state index in [9.17, 15) is 4.79 Å². The fraction of sp³-hybridized carbons (Fsp3) is 0.579. The van der Waals surface area contributed by atoms with E-state index >= 15 is 0 Å². The van der Waals surface area contributed by atoms with Crippen molar-refractivity contribution in [2.75, 3.05) is 38.2 Å². The van der Waals surface area contributed by atoms with E-state index in [-0.39, 0.29) is 11.5 Å². The Bertz CT molecular complexity index is 761. The Morgan fingerprint density at radius 3 is 2.58 bits per heavy atom. The zero-order valence-electron chi connectivity index (χ0n) is 15.6. The molecule has 0 atom stereocenters. The lowest BCUT2D eigenvalue weighted by molar-refractivity contribution is -0.0266. The number of benzene rings is 1. The molecule has 0 aliphatic carbocycles. The van der Waals surface area contributed by atoms with E-state index in [0.717, 1.165) is 25.2 Å².